The lowest BCUT2D eigenvalue weighted by atomic mass is 9.97. The van der Waals surface area contributed by atoms with Gasteiger partial charge in [0.25, 0.3) is 0 Å². The third-order valence-corrected chi connectivity index (χ3v) is 7.04. The molecular weight excluding hydrogens is 390 g/mol. The Kier molecular flexibility index (Phi) is 7.39. The average Bonchev–Trinajstić information content (AvgIpc) is 3.15. The number of sulfonamides is 1. The number of nitrogens with zero attached hydrogens (tertiary/aromatic N) is 1. The summed E-state index contributed by atoms with van der Waals surface area (Å²) in [5, 5.41) is 6.26. The van der Waals surface area contributed by atoms with Crippen LogP contribution >= 0.6 is 12.4 Å². The number of hydrogen-bond donors (Lipinski definition) is 2. The summed E-state index contributed by atoms with van der Waals surface area (Å²) >= 11 is 0. The second kappa shape index (κ2) is 9.14. The van der Waals surface area contributed by atoms with E-state index in [1.165, 1.54) is 35.5 Å². The maximum Gasteiger partial charge on any atom is 0.243 e. The molecule has 7 nitrogen and oxygen atoms in total. The molecule has 2 N–H and O–H groups in total. The molecule has 0 saturated carbocycles. The van der Waals surface area contributed by atoms with Crippen LogP contribution in [-0.2, 0) is 14.8 Å². The van der Waals surface area contributed by atoms with Crippen molar-refractivity contribution in [2.24, 2.45) is 5.92 Å². The van der Waals surface area contributed by atoms with Crippen LogP contribution in [0.1, 0.15) is 36.5 Å². The van der Waals surface area contributed by atoms with Crippen molar-refractivity contribution in [3.05, 3.63) is 29.8 Å². The standard InChI is InChI=1S/C18H25N3O4S.ClH/c1-13(22)14-2-4-17(5-3-14)26(24,25)21-10-7-15(8-11-21)18(23)20-16-6-9-19-12-16;/h2-5,15-16,19H,6-12H2,1H3,(H,20,23);1H. The smallest absolute Gasteiger partial charge is 0.243 e. The van der Waals surface area contributed by atoms with Crippen molar-refractivity contribution < 1.29 is 18.0 Å². The average molecular weight is 416 g/mol. The third kappa shape index (κ3) is 5.07. The van der Waals surface area contributed by atoms with Crippen molar-refractivity contribution in [3.63, 3.8) is 0 Å². The molecule has 1 unspecified atom stereocenters. The Morgan fingerprint density at radius 1 is 1.11 bits per heavy atom. The molecule has 0 aromatic heterocycles. The number of Topliss-reactive ketones (excluding diaryl/α,β-unsaturated/α-hetero) is 1. The Morgan fingerprint density at radius 2 is 1.74 bits per heavy atom. The predicted molar refractivity (Wildman–Crippen MR) is 105 cm³/mol. The maximum absolute atomic E-state index is 12.8. The molecule has 2 aliphatic heterocycles. The number of rotatable bonds is 5. The number of piperidine rings is 1. The third-order valence-electron chi connectivity index (χ3n) is 5.13. The molecule has 0 aliphatic carbocycles. The highest BCUT2D eigenvalue weighted by Crippen LogP contribution is 2.24. The molecule has 1 aromatic rings. The van der Waals surface area contributed by atoms with Crippen LogP contribution in [-0.4, -0.2) is 56.6 Å². The van der Waals surface area contributed by atoms with Crippen molar-refractivity contribution in [3.8, 4) is 0 Å². The SMILES string of the molecule is CC(=O)c1ccc(S(=O)(=O)N2CCC(C(=O)NC3CCNC3)CC2)cc1.Cl. The van der Waals surface area contributed by atoms with E-state index in [-0.39, 0.29) is 41.0 Å². The van der Waals surface area contributed by atoms with Crippen LogP contribution in [0.4, 0.5) is 0 Å². The molecule has 2 aliphatic rings. The van der Waals surface area contributed by atoms with Gasteiger partial charge in [-0.15, -0.1) is 12.4 Å². The van der Waals surface area contributed by atoms with E-state index in [9.17, 15) is 18.0 Å². The van der Waals surface area contributed by atoms with Crippen molar-refractivity contribution in [2.75, 3.05) is 26.2 Å². The number of amides is 1. The highest BCUT2D eigenvalue weighted by Gasteiger charge is 2.33. The summed E-state index contributed by atoms with van der Waals surface area (Å²) in [6.07, 6.45) is 1.99. The Hall–Kier alpha value is -1.48. The van der Waals surface area contributed by atoms with Crippen LogP contribution < -0.4 is 10.6 Å². The van der Waals surface area contributed by atoms with E-state index in [0.717, 1.165) is 19.5 Å². The lowest BCUT2D eigenvalue weighted by Gasteiger charge is -2.31. The molecule has 2 heterocycles. The van der Waals surface area contributed by atoms with E-state index >= 15 is 0 Å². The molecule has 150 valence electrons. The number of ketones is 1. The molecule has 0 radical (unpaired) electrons. The van der Waals surface area contributed by atoms with Gasteiger partial charge in [0.15, 0.2) is 5.78 Å². The van der Waals surface area contributed by atoms with Gasteiger partial charge < -0.3 is 10.6 Å². The summed E-state index contributed by atoms with van der Waals surface area (Å²) in [4.78, 5) is 23.9. The van der Waals surface area contributed by atoms with Gasteiger partial charge >= 0.3 is 0 Å². The first-order valence-electron chi connectivity index (χ1n) is 9.00. The van der Waals surface area contributed by atoms with Gasteiger partial charge in [-0.25, -0.2) is 8.42 Å². The molecule has 0 spiro atoms. The fourth-order valence-electron chi connectivity index (χ4n) is 3.47. The van der Waals surface area contributed by atoms with Crippen molar-refractivity contribution in [1.82, 2.24) is 14.9 Å². The minimum Gasteiger partial charge on any atom is -0.352 e. The van der Waals surface area contributed by atoms with Gasteiger partial charge in [0.1, 0.15) is 0 Å². The minimum atomic E-state index is -3.60. The van der Waals surface area contributed by atoms with Gasteiger partial charge in [0, 0.05) is 37.2 Å². The van der Waals surface area contributed by atoms with Crippen molar-refractivity contribution in [1.29, 1.82) is 0 Å². The maximum atomic E-state index is 12.8. The first-order chi connectivity index (χ1) is 12.4. The van der Waals surface area contributed by atoms with Gasteiger partial charge in [-0.1, -0.05) is 12.1 Å². The number of benzene rings is 1. The van der Waals surface area contributed by atoms with E-state index in [2.05, 4.69) is 10.6 Å². The number of carbonyl (C=O) groups excluding carboxylic acids is 2. The lowest BCUT2D eigenvalue weighted by molar-refractivity contribution is -0.126. The van der Waals surface area contributed by atoms with E-state index in [4.69, 9.17) is 0 Å². The van der Waals surface area contributed by atoms with Gasteiger partial charge in [-0.2, -0.15) is 4.31 Å². The molecular formula is C18H26ClN3O4S. The second-order valence-electron chi connectivity index (χ2n) is 6.96. The molecule has 2 fully saturated rings. The fraction of sp³-hybridized carbons (Fsp3) is 0.556. The van der Waals surface area contributed by atoms with Crippen molar-refractivity contribution in [2.45, 2.75) is 37.1 Å². The molecule has 9 heteroatoms. The number of halogens is 1. The van der Waals surface area contributed by atoms with Crippen LogP contribution in [0.25, 0.3) is 0 Å². The first kappa shape index (κ1) is 21.8. The van der Waals surface area contributed by atoms with Crippen LogP contribution in [0.3, 0.4) is 0 Å². The zero-order chi connectivity index (χ0) is 18.7. The van der Waals surface area contributed by atoms with Gasteiger partial charge in [0.05, 0.1) is 4.90 Å². The molecule has 0 bridgehead atoms. The van der Waals surface area contributed by atoms with E-state index < -0.39 is 10.0 Å². The summed E-state index contributed by atoms with van der Waals surface area (Å²) in [5.74, 6) is -0.207. The first-order valence-corrected chi connectivity index (χ1v) is 10.4. The second-order valence-corrected chi connectivity index (χ2v) is 8.90. The number of nitrogens with one attached hydrogen (secondary N) is 2. The summed E-state index contributed by atoms with van der Waals surface area (Å²) < 4.78 is 26.9. The monoisotopic (exact) mass is 415 g/mol. The van der Waals surface area contributed by atoms with Crippen LogP contribution in [0, 0.1) is 5.92 Å². The molecule has 27 heavy (non-hydrogen) atoms. The largest absolute Gasteiger partial charge is 0.352 e. The summed E-state index contributed by atoms with van der Waals surface area (Å²) in [5.41, 5.74) is 0.487. The predicted octanol–water partition coefficient (Wildman–Crippen LogP) is 1.19. The Balaban J connectivity index is 0.00000261. The molecule has 1 aromatic carbocycles. The zero-order valence-electron chi connectivity index (χ0n) is 15.3. The van der Waals surface area contributed by atoms with E-state index in [1.54, 1.807) is 0 Å². The fourth-order valence-corrected chi connectivity index (χ4v) is 4.94. The molecule has 1 atom stereocenters. The number of carbonyl (C=O) groups is 2. The Bertz CT molecular complexity index is 768. The van der Waals surface area contributed by atoms with Crippen LogP contribution in [0.15, 0.2) is 29.2 Å². The normalized spacial score (nSPS) is 21.4. The molecule has 3 rings (SSSR count). The van der Waals surface area contributed by atoms with E-state index in [0.29, 0.717) is 31.5 Å². The lowest BCUT2D eigenvalue weighted by Crippen LogP contribution is -2.45. The highest BCUT2D eigenvalue weighted by molar-refractivity contribution is 7.89. The minimum absolute atomic E-state index is 0. The summed E-state index contributed by atoms with van der Waals surface area (Å²) in [6, 6.07) is 6.19. The van der Waals surface area contributed by atoms with Gasteiger partial charge in [0.2, 0.25) is 15.9 Å². The zero-order valence-corrected chi connectivity index (χ0v) is 16.9. The van der Waals surface area contributed by atoms with Crippen LogP contribution in [0.5, 0.6) is 0 Å². The summed E-state index contributed by atoms with van der Waals surface area (Å²) in [6.45, 7) is 3.83. The Morgan fingerprint density at radius 3 is 2.26 bits per heavy atom. The Labute approximate surface area is 166 Å². The topological polar surface area (TPSA) is 95.6 Å². The van der Waals surface area contributed by atoms with Gasteiger partial charge in [-0.05, 0) is 44.9 Å². The number of hydrogen-bond acceptors (Lipinski definition) is 5. The molecule has 2 saturated heterocycles. The van der Waals surface area contributed by atoms with E-state index in [1.807, 2.05) is 0 Å². The quantitative estimate of drug-likeness (QED) is 0.704. The van der Waals surface area contributed by atoms with Crippen LogP contribution in [0.2, 0.25) is 0 Å². The van der Waals surface area contributed by atoms with Gasteiger partial charge in [-0.3, -0.25) is 9.59 Å². The molecule has 1 amide bonds. The highest BCUT2D eigenvalue weighted by atomic mass is 35.5. The van der Waals surface area contributed by atoms with Crippen molar-refractivity contribution >= 4 is 34.1 Å². The summed E-state index contributed by atoms with van der Waals surface area (Å²) in [7, 11) is -3.60.